The Hall–Kier alpha value is -2.90. The third kappa shape index (κ3) is 3.15. The summed E-state index contributed by atoms with van der Waals surface area (Å²) in [5.41, 5.74) is 6.55. The Morgan fingerprint density at radius 3 is 2.70 bits per heavy atom. The highest BCUT2D eigenvalue weighted by Crippen LogP contribution is 2.18. The summed E-state index contributed by atoms with van der Waals surface area (Å²) in [4.78, 5) is 36.8. The molecule has 120 valence electrons. The predicted molar refractivity (Wildman–Crippen MR) is 83.2 cm³/mol. The Bertz CT molecular complexity index is 761. The lowest BCUT2D eigenvalue weighted by Gasteiger charge is -2.29. The van der Waals surface area contributed by atoms with Crippen molar-refractivity contribution in [1.82, 2.24) is 15.1 Å². The normalized spacial score (nSPS) is 15.6. The Morgan fingerprint density at radius 2 is 2.00 bits per heavy atom. The predicted octanol–water partition coefficient (Wildman–Crippen LogP) is 0.225. The molecule has 0 atom stereocenters. The number of hydrogen-bond acceptors (Lipinski definition) is 4. The third-order valence-corrected chi connectivity index (χ3v) is 4.08. The van der Waals surface area contributed by atoms with Gasteiger partial charge in [-0.1, -0.05) is 0 Å². The monoisotopic (exact) mass is 315 g/mol. The number of hydrogen-bond donors (Lipinski definition) is 3. The number of aromatic amines is 1. The molecule has 8 heteroatoms. The smallest absolute Gasteiger partial charge is 0.313 e. The Labute approximate surface area is 132 Å². The van der Waals surface area contributed by atoms with E-state index >= 15 is 0 Å². The van der Waals surface area contributed by atoms with Crippen LogP contribution in [0.2, 0.25) is 0 Å². The van der Waals surface area contributed by atoms with Crippen molar-refractivity contribution in [3.05, 3.63) is 24.4 Å². The number of nitrogens with one attached hydrogen (secondary N) is 2. The first-order valence-electron chi connectivity index (χ1n) is 7.37. The second-order valence-corrected chi connectivity index (χ2v) is 5.59. The van der Waals surface area contributed by atoms with Gasteiger partial charge in [0, 0.05) is 30.1 Å². The van der Waals surface area contributed by atoms with E-state index in [1.807, 2.05) is 0 Å². The molecule has 3 amide bonds. The molecule has 1 aliphatic heterocycles. The minimum absolute atomic E-state index is 0.218. The SMILES string of the molecule is NC(=O)C1CCN(C(=O)C(=O)Nc2ccc3cn[nH]c3c2)CC1. The maximum atomic E-state index is 12.2. The standard InChI is InChI=1S/C15H17N5O3/c16-13(21)9-3-5-20(6-4-9)15(23)14(22)18-11-2-1-10-8-17-19-12(10)7-11/h1-2,7-9H,3-6H2,(H2,16,21)(H,17,19)(H,18,22). The molecule has 4 N–H and O–H groups in total. The molecule has 0 aliphatic carbocycles. The highest BCUT2D eigenvalue weighted by molar-refractivity contribution is 6.39. The number of nitrogens with two attached hydrogens (primary N) is 1. The molecule has 0 saturated carbocycles. The molecule has 0 radical (unpaired) electrons. The van der Waals surface area contributed by atoms with Gasteiger partial charge in [0.2, 0.25) is 5.91 Å². The lowest BCUT2D eigenvalue weighted by molar-refractivity contribution is -0.144. The van der Waals surface area contributed by atoms with Gasteiger partial charge in [0.25, 0.3) is 0 Å². The van der Waals surface area contributed by atoms with Crippen LogP contribution in [0.15, 0.2) is 24.4 Å². The van der Waals surface area contributed by atoms with Gasteiger partial charge in [0.15, 0.2) is 0 Å². The van der Waals surface area contributed by atoms with Gasteiger partial charge in [-0.25, -0.2) is 0 Å². The Morgan fingerprint density at radius 1 is 1.26 bits per heavy atom. The van der Waals surface area contributed by atoms with Gasteiger partial charge >= 0.3 is 11.8 Å². The van der Waals surface area contributed by atoms with Crippen molar-refractivity contribution >= 4 is 34.3 Å². The number of aromatic nitrogens is 2. The molecular weight excluding hydrogens is 298 g/mol. The van der Waals surface area contributed by atoms with E-state index in [4.69, 9.17) is 5.73 Å². The van der Waals surface area contributed by atoms with Gasteiger partial charge < -0.3 is 16.0 Å². The van der Waals surface area contributed by atoms with Crippen molar-refractivity contribution in [3.8, 4) is 0 Å². The van der Waals surface area contributed by atoms with Gasteiger partial charge in [-0.3, -0.25) is 19.5 Å². The summed E-state index contributed by atoms with van der Waals surface area (Å²) in [6, 6.07) is 5.23. The molecule has 1 aromatic heterocycles. The van der Waals surface area contributed by atoms with E-state index in [0.717, 1.165) is 10.9 Å². The van der Waals surface area contributed by atoms with Crippen LogP contribution in [0.1, 0.15) is 12.8 Å². The average Bonchev–Trinajstić information content (AvgIpc) is 3.01. The minimum Gasteiger partial charge on any atom is -0.369 e. The zero-order valence-corrected chi connectivity index (χ0v) is 12.4. The fourth-order valence-electron chi connectivity index (χ4n) is 2.71. The summed E-state index contributed by atoms with van der Waals surface area (Å²) < 4.78 is 0. The molecule has 3 rings (SSSR count). The number of carbonyl (C=O) groups excluding carboxylic acids is 3. The van der Waals surface area contributed by atoms with Gasteiger partial charge in [-0.05, 0) is 31.0 Å². The lowest BCUT2D eigenvalue weighted by atomic mass is 9.96. The number of benzene rings is 1. The molecule has 1 saturated heterocycles. The summed E-state index contributed by atoms with van der Waals surface area (Å²) in [5.74, 6) is -1.86. The van der Waals surface area contributed by atoms with Crippen LogP contribution in [0.3, 0.4) is 0 Å². The number of piperidine rings is 1. The topological polar surface area (TPSA) is 121 Å². The number of H-pyrrole nitrogens is 1. The Kier molecular flexibility index (Phi) is 3.96. The van der Waals surface area contributed by atoms with Gasteiger partial charge in [0.05, 0.1) is 11.7 Å². The summed E-state index contributed by atoms with van der Waals surface area (Å²) in [5, 5.41) is 10.2. The van der Waals surface area contributed by atoms with E-state index in [-0.39, 0.29) is 11.8 Å². The average molecular weight is 315 g/mol. The van der Waals surface area contributed by atoms with Crippen LogP contribution < -0.4 is 11.1 Å². The van der Waals surface area contributed by atoms with E-state index in [0.29, 0.717) is 31.6 Å². The summed E-state index contributed by atoms with van der Waals surface area (Å²) >= 11 is 0. The van der Waals surface area contributed by atoms with Gasteiger partial charge in [-0.15, -0.1) is 0 Å². The molecular formula is C15H17N5O3. The second-order valence-electron chi connectivity index (χ2n) is 5.59. The number of nitrogens with zero attached hydrogens (tertiary/aromatic N) is 2. The first-order valence-corrected chi connectivity index (χ1v) is 7.37. The molecule has 1 fully saturated rings. The van der Waals surface area contributed by atoms with Crippen molar-refractivity contribution in [2.75, 3.05) is 18.4 Å². The van der Waals surface area contributed by atoms with Crippen LogP contribution >= 0.6 is 0 Å². The first kappa shape index (κ1) is 15.0. The van der Waals surface area contributed by atoms with Crippen LogP contribution in [0.4, 0.5) is 5.69 Å². The van der Waals surface area contributed by atoms with Crippen LogP contribution in [0, 0.1) is 5.92 Å². The summed E-state index contributed by atoms with van der Waals surface area (Å²) in [6.07, 6.45) is 2.66. The summed E-state index contributed by atoms with van der Waals surface area (Å²) in [6.45, 7) is 0.721. The van der Waals surface area contributed by atoms with Crippen molar-refractivity contribution in [2.45, 2.75) is 12.8 Å². The zero-order valence-electron chi connectivity index (χ0n) is 12.4. The summed E-state index contributed by atoms with van der Waals surface area (Å²) in [7, 11) is 0. The molecule has 2 aromatic rings. The molecule has 0 unspecified atom stereocenters. The highest BCUT2D eigenvalue weighted by atomic mass is 16.2. The molecule has 2 heterocycles. The van der Waals surface area contributed by atoms with Crippen molar-refractivity contribution < 1.29 is 14.4 Å². The first-order chi connectivity index (χ1) is 11.0. The van der Waals surface area contributed by atoms with Gasteiger partial charge in [0.1, 0.15) is 0 Å². The number of carbonyl (C=O) groups is 3. The number of primary amides is 1. The van der Waals surface area contributed by atoms with Crippen LogP contribution in [-0.2, 0) is 14.4 Å². The number of likely N-dealkylation sites (tertiary alicyclic amines) is 1. The van der Waals surface area contributed by atoms with Crippen LogP contribution in [0.5, 0.6) is 0 Å². The maximum absolute atomic E-state index is 12.2. The third-order valence-electron chi connectivity index (χ3n) is 4.08. The van der Waals surface area contributed by atoms with Crippen LogP contribution in [-0.4, -0.2) is 45.9 Å². The van der Waals surface area contributed by atoms with Crippen molar-refractivity contribution in [3.63, 3.8) is 0 Å². The zero-order chi connectivity index (χ0) is 16.4. The quantitative estimate of drug-likeness (QED) is 0.686. The molecule has 1 aromatic carbocycles. The van der Waals surface area contributed by atoms with Crippen molar-refractivity contribution in [1.29, 1.82) is 0 Å². The number of fused-ring (bicyclic) bond motifs is 1. The number of rotatable bonds is 2. The number of amides is 3. The largest absolute Gasteiger partial charge is 0.369 e. The fourth-order valence-corrected chi connectivity index (χ4v) is 2.71. The lowest BCUT2D eigenvalue weighted by Crippen LogP contribution is -2.46. The van der Waals surface area contributed by atoms with E-state index in [1.165, 1.54) is 4.90 Å². The van der Waals surface area contributed by atoms with E-state index < -0.39 is 11.8 Å². The highest BCUT2D eigenvalue weighted by Gasteiger charge is 2.29. The molecule has 0 spiro atoms. The number of anilines is 1. The molecule has 0 bridgehead atoms. The Balaban J connectivity index is 1.61. The second kappa shape index (κ2) is 6.07. The molecule has 8 nitrogen and oxygen atoms in total. The van der Waals surface area contributed by atoms with Crippen LogP contribution in [0.25, 0.3) is 10.9 Å². The van der Waals surface area contributed by atoms with E-state index in [9.17, 15) is 14.4 Å². The van der Waals surface area contributed by atoms with Crippen molar-refractivity contribution in [2.24, 2.45) is 11.7 Å². The van der Waals surface area contributed by atoms with E-state index in [2.05, 4.69) is 15.5 Å². The minimum atomic E-state index is -0.693. The van der Waals surface area contributed by atoms with Gasteiger partial charge in [-0.2, -0.15) is 5.10 Å². The van der Waals surface area contributed by atoms with E-state index in [1.54, 1.807) is 24.4 Å². The molecule has 1 aliphatic rings. The fraction of sp³-hybridized carbons (Fsp3) is 0.333. The molecule has 23 heavy (non-hydrogen) atoms. The maximum Gasteiger partial charge on any atom is 0.313 e.